The fraction of sp³-hybridized carbons (Fsp3) is 0.188. The highest BCUT2D eigenvalue weighted by Gasteiger charge is 2.10. The Morgan fingerprint density at radius 1 is 1.24 bits per heavy atom. The highest BCUT2D eigenvalue weighted by molar-refractivity contribution is 5.87. The summed E-state index contributed by atoms with van der Waals surface area (Å²) in [6.45, 7) is 0.174. The second-order valence-electron chi connectivity index (χ2n) is 4.80. The summed E-state index contributed by atoms with van der Waals surface area (Å²) < 4.78 is 19.2. The number of aromatic carboxylic acids is 1. The average molecular weight is 289 g/mol. The van der Waals surface area contributed by atoms with Crippen LogP contribution in [0.4, 0.5) is 10.1 Å². The van der Waals surface area contributed by atoms with Crippen LogP contribution in [0.15, 0.2) is 42.5 Å². The van der Waals surface area contributed by atoms with Crippen LogP contribution in [0.25, 0.3) is 0 Å². The molecule has 110 valence electrons. The molecular formula is C16H16FNO3. The van der Waals surface area contributed by atoms with Crippen molar-refractivity contribution in [1.29, 1.82) is 0 Å². The molecule has 0 saturated heterocycles. The molecule has 5 heteroatoms. The van der Waals surface area contributed by atoms with Gasteiger partial charge in [-0.3, -0.25) is 0 Å². The van der Waals surface area contributed by atoms with E-state index < -0.39 is 11.8 Å². The molecule has 2 rings (SSSR count). The number of carboxylic acids is 1. The number of ether oxygens (including phenoxy) is 1. The van der Waals surface area contributed by atoms with Crippen LogP contribution in [0.2, 0.25) is 0 Å². The number of carbonyl (C=O) groups is 1. The van der Waals surface area contributed by atoms with Gasteiger partial charge in [0, 0.05) is 25.8 Å². The van der Waals surface area contributed by atoms with Gasteiger partial charge in [-0.05, 0) is 29.8 Å². The summed E-state index contributed by atoms with van der Waals surface area (Å²) in [5.41, 5.74) is 1.24. The minimum absolute atomic E-state index is 0.174. The number of anilines is 1. The Hall–Kier alpha value is -2.56. The monoisotopic (exact) mass is 289 g/mol. The third kappa shape index (κ3) is 3.72. The normalized spacial score (nSPS) is 10.2. The Bertz CT molecular complexity index is 656. The van der Waals surface area contributed by atoms with E-state index in [0.717, 1.165) is 5.69 Å². The van der Waals surface area contributed by atoms with Crippen molar-refractivity contribution in [3.8, 4) is 5.75 Å². The third-order valence-corrected chi connectivity index (χ3v) is 3.00. The smallest absolute Gasteiger partial charge is 0.338 e. The van der Waals surface area contributed by atoms with Crippen LogP contribution < -0.4 is 9.64 Å². The van der Waals surface area contributed by atoms with Gasteiger partial charge >= 0.3 is 5.97 Å². The zero-order chi connectivity index (χ0) is 15.4. The van der Waals surface area contributed by atoms with Crippen molar-refractivity contribution in [2.24, 2.45) is 0 Å². The van der Waals surface area contributed by atoms with Crippen LogP contribution in [0.1, 0.15) is 15.9 Å². The second-order valence-corrected chi connectivity index (χ2v) is 4.80. The van der Waals surface area contributed by atoms with Crippen molar-refractivity contribution in [2.75, 3.05) is 19.0 Å². The van der Waals surface area contributed by atoms with Crippen molar-refractivity contribution in [3.63, 3.8) is 0 Å². The first-order valence-corrected chi connectivity index (χ1v) is 6.39. The molecule has 0 radical (unpaired) electrons. The lowest BCUT2D eigenvalue weighted by molar-refractivity contribution is 0.0692. The van der Waals surface area contributed by atoms with Crippen molar-refractivity contribution >= 4 is 11.7 Å². The van der Waals surface area contributed by atoms with E-state index in [-0.39, 0.29) is 12.2 Å². The summed E-state index contributed by atoms with van der Waals surface area (Å²) in [6.07, 6.45) is 0. The van der Waals surface area contributed by atoms with E-state index in [0.29, 0.717) is 11.3 Å². The lowest BCUT2D eigenvalue weighted by atomic mass is 10.1. The van der Waals surface area contributed by atoms with E-state index in [1.165, 1.54) is 12.1 Å². The molecule has 0 bridgehead atoms. The Balaban J connectivity index is 2.08. The molecule has 0 saturated carbocycles. The maximum Gasteiger partial charge on any atom is 0.338 e. The molecule has 4 nitrogen and oxygen atoms in total. The van der Waals surface area contributed by atoms with Gasteiger partial charge in [0.05, 0.1) is 5.56 Å². The predicted molar refractivity (Wildman–Crippen MR) is 78.5 cm³/mol. The summed E-state index contributed by atoms with van der Waals surface area (Å²) in [5.74, 6) is -1.37. The van der Waals surface area contributed by atoms with Crippen LogP contribution in [0.5, 0.6) is 5.75 Å². The van der Waals surface area contributed by atoms with Gasteiger partial charge in [-0.2, -0.15) is 0 Å². The summed E-state index contributed by atoms with van der Waals surface area (Å²) >= 11 is 0. The summed E-state index contributed by atoms with van der Waals surface area (Å²) in [6, 6.07) is 11.5. The summed E-state index contributed by atoms with van der Waals surface area (Å²) in [5, 5.41) is 8.77. The highest BCUT2D eigenvalue weighted by Crippen LogP contribution is 2.20. The molecular weight excluding hydrogens is 273 g/mol. The SMILES string of the molecule is CN(C)c1cccc(OCc2ccc(C(=O)O)c(F)c2)c1. The van der Waals surface area contributed by atoms with Gasteiger partial charge in [-0.15, -0.1) is 0 Å². The fourth-order valence-corrected chi connectivity index (χ4v) is 1.84. The van der Waals surface area contributed by atoms with Crippen molar-refractivity contribution in [3.05, 3.63) is 59.4 Å². The molecule has 0 aliphatic rings. The van der Waals surface area contributed by atoms with E-state index in [9.17, 15) is 9.18 Å². The van der Waals surface area contributed by atoms with Crippen LogP contribution in [-0.2, 0) is 6.61 Å². The fourth-order valence-electron chi connectivity index (χ4n) is 1.84. The van der Waals surface area contributed by atoms with Gasteiger partial charge in [-0.1, -0.05) is 12.1 Å². The molecule has 0 spiro atoms. The largest absolute Gasteiger partial charge is 0.489 e. The van der Waals surface area contributed by atoms with Gasteiger partial charge in [0.15, 0.2) is 0 Å². The minimum atomic E-state index is -1.28. The molecule has 2 aromatic rings. The van der Waals surface area contributed by atoms with E-state index >= 15 is 0 Å². The molecule has 0 fully saturated rings. The average Bonchev–Trinajstić information content (AvgIpc) is 2.45. The molecule has 2 aromatic carbocycles. The highest BCUT2D eigenvalue weighted by atomic mass is 19.1. The zero-order valence-electron chi connectivity index (χ0n) is 11.8. The Morgan fingerprint density at radius 2 is 2.00 bits per heavy atom. The van der Waals surface area contributed by atoms with Crippen molar-refractivity contribution < 1.29 is 19.0 Å². The number of hydrogen-bond donors (Lipinski definition) is 1. The standard InChI is InChI=1S/C16H16FNO3/c1-18(2)12-4-3-5-13(9-12)21-10-11-6-7-14(16(19)20)15(17)8-11/h3-9H,10H2,1-2H3,(H,19,20). The van der Waals surface area contributed by atoms with Gasteiger partial charge in [0.25, 0.3) is 0 Å². The van der Waals surface area contributed by atoms with Crippen LogP contribution in [-0.4, -0.2) is 25.2 Å². The first-order valence-electron chi connectivity index (χ1n) is 6.39. The van der Waals surface area contributed by atoms with Crippen molar-refractivity contribution in [2.45, 2.75) is 6.61 Å². The molecule has 1 N–H and O–H groups in total. The first-order chi connectivity index (χ1) is 9.97. The maximum atomic E-state index is 13.6. The van der Waals surface area contributed by atoms with E-state index in [2.05, 4.69) is 0 Å². The van der Waals surface area contributed by atoms with Gasteiger partial charge in [0.2, 0.25) is 0 Å². The molecule has 0 atom stereocenters. The Morgan fingerprint density at radius 3 is 2.62 bits per heavy atom. The number of nitrogens with zero attached hydrogens (tertiary/aromatic N) is 1. The van der Waals surface area contributed by atoms with Crippen molar-refractivity contribution in [1.82, 2.24) is 0 Å². The first kappa shape index (κ1) is 14.8. The van der Waals surface area contributed by atoms with Gasteiger partial charge < -0.3 is 14.7 Å². The van der Waals surface area contributed by atoms with E-state index in [1.807, 2.05) is 43.3 Å². The van der Waals surface area contributed by atoms with Gasteiger partial charge in [0.1, 0.15) is 18.2 Å². The lowest BCUT2D eigenvalue weighted by Gasteiger charge is -2.14. The second kappa shape index (κ2) is 6.26. The number of carboxylic acid groups (broad SMARTS) is 1. The maximum absolute atomic E-state index is 13.6. The number of benzene rings is 2. The molecule has 0 aliphatic carbocycles. The molecule has 0 aromatic heterocycles. The number of rotatable bonds is 5. The zero-order valence-corrected chi connectivity index (χ0v) is 11.8. The molecule has 0 amide bonds. The predicted octanol–water partition coefficient (Wildman–Crippen LogP) is 3.17. The minimum Gasteiger partial charge on any atom is -0.489 e. The Labute approximate surface area is 122 Å². The van der Waals surface area contributed by atoms with Crippen LogP contribution >= 0.6 is 0 Å². The number of halogens is 1. The lowest BCUT2D eigenvalue weighted by Crippen LogP contribution is -2.08. The molecule has 21 heavy (non-hydrogen) atoms. The third-order valence-electron chi connectivity index (χ3n) is 3.00. The van der Waals surface area contributed by atoms with E-state index in [4.69, 9.17) is 9.84 Å². The van der Waals surface area contributed by atoms with E-state index in [1.54, 1.807) is 6.07 Å². The van der Waals surface area contributed by atoms with Crippen LogP contribution in [0, 0.1) is 5.82 Å². The topological polar surface area (TPSA) is 49.8 Å². The summed E-state index contributed by atoms with van der Waals surface area (Å²) in [7, 11) is 3.86. The van der Waals surface area contributed by atoms with Crippen LogP contribution in [0.3, 0.4) is 0 Å². The molecule has 0 aliphatic heterocycles. The molecule has 0 unspecified atom stereocenters. The number of hydrogen-bond acceptors (Lipinski definition) is 3. The van der Waals surface area contributed by atoms with Gasteiger partial charge in [-0.25, -0.2) is 9.18 Å². The Kier molecular flexibility index (Phi) is 4.42. The molecule has 0 heterocycles. The quantitative estimate of drug-likeness (QED) is 0.918. The summed E-state index contributed by atoms with van der Waals surface area (Å²) in [4.78, 5) is 12.7.